The normalized spacial score (nSPS) is 21.9. The fourth-order valence-electron chi connectivity index (χ4n) is 5.04. The SMILES string of the molecule is CCOC(=O)c1ccc(C2CC3(CCN2C(=O)OC(C)(C)C)CC(F)(F)C3)c2[nH]ncc12. The van der Waals surface area contributed by atoms with Crippen molar-refractivity contribution in [1.29, 1.82) is 0 Å². The lowest BCUT2D eigenvalue weighted by Crippen LogP contribution is -2.54. The number of nitrogens with zero attached hydrogens (tertiary/aromatic N) is 2. The molecule has 1 saturated heterocycles. The minimum absolute atomic E-state index is 0.175. The number of aromatic nitrogens is 2. The summed E-state index contributed by atoms with van der Waals surface area (Å²) in [5.41, 5.74) is 0.489. The first kappa shape index (κ1) is 22.5. The average Bonchev–Trinajstić information content (AvgIpc) is 3.14. The van der Waals surface area contributed by atoms with Gasteiger partial charge in [-0.15, -0.1) is 0 Å². The van der Waals surface area contributed by atoms with Gasteiger partial charge in [-0.05, 0) is 52.0 Å². The van der Waals surface area contributed by atoms with Crippen LogP contribution in [0.1, 0.15) is 75.3 Å². The summed E-state index contributed by atoms with van der Waals surface area (Å²) in [6.45, 7) is 7.67. The van der Waals surface area contributed by atoms with Gasteiger partial charge < -0.3 is 14.4 Å². The van der Waals surface area contributed by atoms with Crippen LogP contribution in [-0.2, 0) is 9.47 Å². The Labute approximate surface area is 185 Å². The van der Waals surface area contributed by atoms with Crippen LogP contribution in [0.25, 0.3) is 10.9 Å². The Balaban J connectivity index is 1.73. The van der Waals surface area contributed by atoms with Crippen LogP contribution >= 0.6 is 0 Å². The first-order chi connectivity index (χ1) is 14.9. The van der Waals surface area contributed by atoms with Crippen LogP contribution in [0.3, 0.4) is 0 Å². The number of amides is 1. The Morgan fingerprint density at radius 1 is 1.28 bits per heavy atom. The molecule has 1 spiro atoms. The Bertz CT molecular complexity index is 1040. The number of fused-ring (bicyclic) bond motifs is 1. The fraction of sp³-hybridized carbons (Fsp3) is 0.609. The zero-order chi connectivity index (χ0) is 23.3. The molecule has 1 saturated carbocycles. The van der Waals surface area contributed by atoms with E-state index in [1.807, 2.05) is 0 Å². The van der Waals surface area contributed by atoms with E-state index in [1.54, 1.807) is 50.9 Å². The molecule has 7 nitrogen and oxygen atoms in total. The second-order valence-corrected chi connectivity index (χ2v) is 9.93. The first-order valence-corrected chi connectivity index (χ1v) is 10.9. The van der Waals surface area contributed by atoms with Gasteiger partial charge in [0.1, 0.15) is 5.60 Å². The number of carbonyl (C=O) groups is 2. The topological polar surface area (TPSA) is 84.5 Å². The number of esters is 1. The number of alkyl halides is 2. The van der Waals surface area contributed by atoms with Crippen LogP contribution in [-0.4, -0.2) is 51.8 Å². The molecule has 1 aliphatic heterocycles. The van der Waals surface area contributed by atoms with Gasteiger partial charge in [-0.25, -0.2) is 18.4 Å². The van der Waals surface area contributed by atoms with E-state index in [0.29, 0.717) is 35.9 Å². The Kier molecular flexibility index (Phi) is 5.41. The second kappa shape index (κ2) is 7.71. The van der Waals surface area contributed by atoms with Crippen molar-refractivity contribution >= 4 is 23.0 Å². The standard InChI is InChI=1S/C23H29F2N3O4/c1-5-31-19(29)14-6-7-15(18-16(14)11-26-27-18)17-10-22(12-23(24,25)13-22)8-9-28(17)20(30)32-21(2,3)4/h6-7,11,17H,5,8-10,12-13H2,1-4H3,(H,26,27). The van der Waals surface area contributed by atoms with E-state index in [9.17, 15) is 18.4 Å². The molecular weight excluding hydrogens is 420 g/mol. The number of ether oxygens (including phenoxy) is 2. The largest absolute Gasteiger partial charge is 0.462 e. The van der Waals surface area contributed by atoms with Crippen molar-refractivity contribution in [3.05, 3.63) is 29.5 Å². The van der Waals surface area contributed by atoms with E-state index >= 15 is 0 Å². The minimum atomic E-state index is -2.66. The number of carbonyl (C=O) groups excluding carboxylic acids is 2. The highest BCUT2D eigenvalue weighted by Gasteiger charge is 2.59. The highest BCUT2D eigenvalue weighted by molar-refractivity contribution is 6.04. The summed E-state index contributed by atoms with van der Waals surface area (Å²) in [6, 6.07) is 2.92. The number of rotatable bonds is 3. The fourth-order valence-corrected chi connectivity index (χ4v) is 5.04. The molecule has 1 unspecified atom stereocenters. The van der Waals surface area contributed by atoms with Crippen molar-refractivity contribution in [3.63, 3.8) is 0 Å². The summed E-state index contributed by atoms with van der Waals surface area (Å²) in [4.78, 5) is 27.0. The molecule has 0 bridgehead atoms. The quantitative estimate of drug-likeness (QED) is 0.649. The van der Waals surface area contributed by atoms with Crippen LogP contribution in [0.5, 0.6) is 0 Å². The Morgan fingerprint density at radius 2 is 2.00 bits per heavy atom. The molecule has 1 N–H and O–H groups in total. The van der Waals surface area contributed by atoms with Gasteiger partial charge in [0, 0.05) is 30.3 Å². The van der Waals surface area contributed by atoms with E-state index in [0.717, 1.165) is 5.56 Å². The molecule has 1 aromatic carbocycles. The third kappa shape index (κ3) is 4.17. The Morgan fingerprint density at radius 3 is 2.62 bits per heavy atom. The van der Waals surface area contributed by atoms with Gasteiger partial charge in [0.05, 0.1) is 29.9 Å². The number of H-pyrrole nitrogens is 1. The van der Waals surface area contributed by atoms with Crippen molar-refractivity contribution in [2.24, 2.45) is 5.41 Å². The maximum atomic E-state index is 13.8. The summed E-state index contributed by atoms with van der Waals surface area (Å²) >= 11 is 0. The van der Waals surface area contributed by atoms with Gasteiger partial charge in [0.15, 0.2) is 0 Å². The molecule has 32 heavy (non-hydrogen) atoms. The summed E-state index contributed by atoms with van der Waals surface area (Å²) in [7, 11) is 0. The second-order valence-electron chi connectivity index (χ2n) is 9.93. The molecule has 2 fully saturated rings. The number of piperidine rings is 1. The number of hydrogen-bond acceptors (Lipinski definition) is 5. The molecular formula is C23H29F2N3O4. The van der Waals surface area contributed by atoms with Crippen molar-refractivity contribution in [2.75, 3.05) is 13.2 Å². The van der Waals surface area contributed by atoms with Gasteiger partial charge in [-0.3, -0.25) is 5.10 Å². The van der Waals surface area contributed by atoms with Crippen LogP contribution in [0.2, 0.25) is 0 Å². The summed E-state index contributed by atoms with van der Waals surface area (Å²) in [6.07, 6.45) is 1.61. The summed E-state index contributed by atoms with van der Waals surface area (Å²) < 4.78 is 38.4. The number of aromatic amines is 1. The maximum absolute atomic E-state index is 13.8. The van der Waals surface area contributed by atoms with Gasteiger partial charge in [-0.1, -0.05) is 6.07 Å². The molecule has 1 atom stereocenters. The Hall–Kier alpha value is -2.71. The highest BCUT2D eigenvalue weighted by Crippen LogP contribution is 2.60. The summed E-state index contributed by atoms with van der Waals surface area (Å²) in [5, 5.41) is 7.59. The van der Waals surface area contributed by atoms with Gasteiger partial charge in [-0.2, -0.15) is 5.10 Å². The third-order valence-corrected chi connectivity index (χ3v) is 6.28. The van der Waals surface area contributed by atoms with E-state index < -0.39 is 35.0 Å². The van der Waals surface area contributed by atoms with Crippen molar-refractivity contribution < 1.29 is 27.8 Å². The number of likely N-dealkylation sites (tertiary alicyclic amines) is 1. The number of benzene rings is 1. The smallest absolute Gasteiger partial charge is 0.410 e. The van der Waals surface area contributed by atoms with E-state index in [-0.39, 0.29) is 19.4 Å². The lowest BCUT2D eigenvalue weighted by molar-refractivity contribution is -0.183. The molecule has 9 heteroatoms. The van der Waals surface area contributed by atoms with Crippen molar-refractivity contribution in [2.45, 2.75) is 70.9 Å². The summed E-state index contributed by atoms with van der Waals surface area (Å²) in [5.74, 6) is -3.12. The van der Waals surface area contributed by atoms with Crippen LogP contribution in [0, 0.1) is 5.41 Å². The third-order valence-electron chi connectivity index (χ3n) is 6.28. The number of hydrogen-bond donors (Lipinski definition) is 1. The molecule has 1 aliphatic carbocycles. The molecule has 2 aromatic rings. The van der Waals surface area contributed by atoms with E-state index in [2.05, 4.69) is 10.2 Å². The molecule has 1 aromatic heterocycles. The molecule has 174 valence electrons. The van der Waals surface area contributed by atoms with Gasteiger partial charge in [0.2, 0.25) is 5.92 Å². The molecule has 0 radical (unpaired) electrons. The average molecular weight is 449 g/mol. The lowest BCUT2D eigenvalue weighted by Gasteiger charge is -2.54. The first-order valence-electron chi connectivity index (χ1n) is 10.9. The van der Waals surface area contributed by atoms with Gasteiger partial charge in [0.25, 0.3) is 0 Å². The zero-order valence-corrected chi connectivity index (χ0v) is 18.8. The van der Waals surface area contributed by atoms with Crippen molar-refractivity contribution in [1.82, 2.24) is 15.1 Å². The van der Waals surface area contributed by atoms with Crippen molar-refractivity contribution in [3.8, 4) is 0 Å². The van der Waals surface area contributed by atoms with Gasteiger partial charge >= 0.3 is 12.1 Å². The molecule has 2 aliphatic rings. The maximum Gasteiger partial charge on any atom is 0.410 e. The molecule has 1 amide bonds. The predicted molar refractivity (Wildman–Crippen MR) is 114 cm³/mol. The molecule has 4 rings (SSSR count). The van der Waals surface area contributed by atoms with E-state index in [4.69, 9.17) is 9.47 Å². The highest BCUT2D eigenvalue weighted by atomic mass is 19.3. The lowest BCUT2D eigenvalue weighted by atomic mass is 9.59. The zero-order valence-electron chi connectivity index (χ0n) is 18.8. The van der Waals surface area contributed by atoms with Crippen LogP contribution < -0.4 is 0 Å². The van der Waals surface area contributed by atoms with Crippen LogP contribution in [0.15, 0.2) is 18.3 Å². The molecule has 2 heterocycles. The monoisotopic (exact) mass is 449 g/mol. The number of nitrogens with one attached hydrogen (secondary N) is 1. The number of halogens is 2. The minimum Gasteiger partial charge on any atom is -0.462 e. The van der Waals surface area contributed by atoms with E-state index in [1.165, 1.54) is 0 Å². The predicted octanol–water partition coefficient (Wildman–Crippen LogP) is 5.23. The van der Waals surface area contributed by atoms with Crippen LogP contribution in [0.4, 0.5) is 13.6 Å².